The second-order valence-corrected chi connectivity index (χ2v) is 4.81. The molecule has 0 saturated heterocycles. The molecule has 0 amide bonds. The zero-order valence-electron chi connectivity index (χ0n) is 10.5. The van der Waals surface area contributed by atoms with Crippen LogP contribution in [0.4, 0.5) is 26.3 Å². The standard InChI is InChI=1S/C12H9BrF6O2/c1-2-21-6-3-4-7(8(13)5-6)9(20)10(11(14,15)16)12(17,18)19/h3-5,10H,2H2,1H3. The quantitative estimate of drug-likeness (QED) is 0.557. The second kappa shape index (κ2) is 6.25. The summed E-state index contributed by atoms with van der Waals surface area (Å²) in [6.45, 7) is 1.91. The Bertz CT molecular complexity index is 509. The molecule has 1 aromatic carbocycles. The van der Waals surface area contributed by atoms with Gasteiger partial charge in [0.15, 0.2) is 5.78 Å². The van der Waals surface area contributed by atoms with Gasteiger partial charge in [-0.05, 0) is 41.1 Å². The number of halogens is 7. The van der Waals surface area contributed by atoms with Crippen LogP contribution in [0.25, 0.3) is 0 Å². The Hall–Kier alpha value is -1.25. The maximum absolute atomic E-state index is 12.5. The largest absolute Gasteiger partial charge is 0.494 e. The van der Waals surface area contributed by atoms with Crippen molar-refractivity contribution < 1.29 is 35.9 Å². The molecule has 9 heteroatoms. The van der Waals surface area contributed by atoms with Crippen molar-refractivity contribution in [3.63, 3.8) is 0 Å². The van der Waals surface area contributed by atoms with Gasteiger partial charge in [0.25, 0.3) is 0 Å². The summed E-state index contributed by atoms with van der Waals surface area (Å²) in [4.78, 5) is 11.6. The highest BCUT2D eigenvalue weighted by atomic mass is 79.9. The predicted molar refractivity (Wildman–Crippen MR) is 65.2 cm³/mol. The monoisotopic (exact) mass is 378 g/mol. The van der Waals surface area contributed by atoms with Gasteiger partial charge in [0, 0.05) is 10.0 Å². The van der Waals surface area contributed by atoms with E-state index in [9.17, 15) is 31.1 Å². The van der Waals surface area contributed by atoms with E-state index in [-0.39, 0.29) is 16.8 Å². The average Bonchev–Trinajstić information content (AvgIpc) is 2.25. The number of alkyl halides is 6. The van der Waals surface area contributed by atoms with E-state index in [0.29, 0.717) is 0 Å². The Morgan fingerprint density at radius 1 is 1.19 bits per heavy atom. The summed E-state index contributed by atoms with van der Waals surface area (Å²) in [6, 6.07) is 3.13. The summed E-state index contributed by atoms with van der Waals surface area (Å²) < 4.78 is 79.9. The van der Waals surface area contributed by atoms with Crippen molar-refractivity contribution in [2.45, 2.75) is 19.3 Å². The van der Waals surface area contributed by atoms with Crippen molar-refractivity contribution >= 4 is 21.7 Å². The highest BCUT2D eigenvalue weighted by Crippen LogP contribution is 2.42. The number of Topliss-reactive ketones (excluding diaryl/α,β-unsaturated/α-hetero) is 1. The third-order valence-electron chi connectivity index (χ3n) is 2.43. The van der Waals surface area contributed by atoms with Gasteiger partial charge < -0.3 is 4.74 Å². The molecule has 0 bridgehead atoms. The Morgan fingerprint density at radius 2 is 1.71 bits per heavy atom. The second-order valence-electron chi connectivity index (χ2n) is 3.96. The third-order valence-corrected chi connectivity index (χ3v) is 3.09. The van der Waals surface area contributed by atoms with Crippen LogP contribution in [0.15, 0.2) is 22.7 Å². The van der Waals surface area contributed by atoms with Gasteiger partial charge in [-0.25, -0.2) is 0 Å². The summed E-state index contributed by atoms with van der Waals surface area (Å²) in [5.74, 6) is -5.90. The molecule has 0 heterocycles. The smallest absolute Gasteiger partial charge is 0.407 e. The fraction of sp³-hybridized carbons (Fsp3) is 0.417. The number of hydrogen-bond acceptors (Lipinski definition) is 2. The van der Waals surface area contributed by atoms with Crippen LogP contribution in [0.3, 0.4) is 0 Å². The SMILES string of the molecule is CCOc1ccc(C(=O)C(C(F)(F)F)C(F)(F)F)c(Br)c1. The molecule has 1 rings (SSSR count). The molecule has 0 atom stereocenters. The molecule has 21 heavy (non-hydrogen) atoms. The minimum Gasteiger partial charge on any atom is -0.494 e. The number of ether oxygens (including phenoxy) is 1. The highest BCUT2D eigenvalue weighted by molar-refractivity contribution is 9.10. The highest BCUT2D eigenvalue weighted by Gasteiger charge is 2.61. The zero-order valence-corrected chi connectivity index (χ0v) is 12.1. The molecule has 0 unspecified atom stereocenters. The van der Waals surface area contributed by atoms with Gasteiger partial charge in [-0.3, -0.25) is 4.79 Å². The van der Waals surface area contributed by atoms with Gasteiger partial charge in [-0.2, -0.15) is 26.3 Å². The molecular formula is C12H9BrF6O2. The van der Waals surface area contributed by atoms with E-state index in [1.807, 2.05) is 0 Å². The number of rotatable bonds is 4. The minimum atomic E-state index is -5.71. The first kappa shape index (κ1) is 17.8. The van der Waals surface area contributed by atoms with Crippen LogP contribution in [-0.2, 0) is 0 Å². The van der Waals surface area contributed by atoms with Crippen LogP contribution in [0.5, 0.6) is 5.75 Å². The Morgan fingerprint density at radius 3 is 2.10 bits per heavy atom. The van der Waals surface area contributed by atoms with E-state index in [1.54, 1.807) is 6.92 Å². The van der Waals surface area contributed by atoms with Crippen LogP contribution in [0.1, 0.15) is 17.3 Å². The van der Waals surface area contributed by atoms with E-state index in [4.69, 9.17) is 4.74 Å². The summed E-state index contributed by atoms with van der Waals surface area (Å²) in [5, 5.41) is 0. The van der Waals surface area contributed by atoms with E-state index in [2.05, 4.69) is 15.9 Å². The molecule has 2 nitrogen and oxygen atoms in total. The van der Waals surface area contributed by atoms with Crippen molar-refractivity contribution in [3.8, 4) is 5.75 Å². The number of ketones is 1. The van der Waals surface area contributed by atoms with Gasteiger partial charge in [0.05, 0.1) is 6.61 Å². The van der Waals surface area contributed by atoms with Crippen molar-refractivity contribution in [1.29, 1.82) is 0 Å². The molecule has 118 valence electrons. The molecule has 0 aromatic heterocycles. The van der Waals surface area contributed by atoms with Crippen LogP contribution in [0.2, 0.25) is 0 Å². The third kappa shape index (κ3) is 4.36. The molecule has 1 aromatic rings. The van der Waals surface area contributed by atoms with Crippen molar-refractivity contribution in [2.75, 3.05) is 6.61 Å². The molecule has 0 aliphatic rings. The Balaban J connectivity index is 3.22. The lowest BCUT2D eigenvalue weighted by atomic mass is 9.96. The number of carbonyl (C=O) groups is 1. The van der Waals surface area contributed by atoms with Crippen molar-refractivity contribution in [2.24, 2.45) is 5.92 Å². The average molecular weight is 379 g/mol. The van der Waals surface area contributed by atoms with Gasteiger partial charge in [0.1, 0.15) is 5.75 Å². The van der Waals surface area contributed by atoms with Crippen LogP contribution in [0, 0.1) is 5.92 Å². The normalized spacial score (nSPS) is 12.6. The van der Waals surface area contributed by atoms with E-state index >= 15 is 0 Å². The summed E-state index contributed by atoms with van der Waals surface area (Å²) >= 11 is 2.78. The van der Waals surface area contributed by atoms with Crippen molar-refractivity contribution in [3.05, 3.63) is 28.2 Å². The Labute approximate surface area is 124 Å². The number of carbonyl (C=O) groups excluding carboxylic acids is 1. The van der Waals surface area contributed by atoms with Crippen LogP contribution >= 0.6 is 15.9 Å². The molecule has 0 radical (unpaired) electrons. The maximum Gasteiger partial charge on any atom is 0.407 e. The fourth-order valence-corrected chi connectivity index (χ4v) is 2.14. The lowest BCUT2D eigenvalue weighted by Crippen LogP contribution is -2.42. The molecule has 0 aliphatic carbocycles. The van der Waals surface area contributed by atoms with E-state index in [1.165, 1.54) is 0 Å². The predicted octanol–water partition coefficient (Wildman–Crippen LogP) is 4.77. The Kier molecular flexibility index (Phi) is 5.30. The summed E-state index contributed by atoms with van der Waals surface area (Å²) in [5.41, 5.74) is -0.710. The number of benzene rings is 1. The molecular weight excluding hydrogens is 370 g/mol. The van der Waals surface area contributed by atoms with Gasteiger partial charge >= 0.3 is 12.4 Å². The molecule has 0 spiro atoms. The summed E-state index contributed by atoms with van der Waals surface area (Å²) in [7, 11) is 0. The van der Waals surface area contributed by atoms with Crippen molar-refractivity contribution in [1.82, 2.24) is 0 Å². The number of hydrogen-bond donors (Lipinski definition) is 0. The fourth-order valence-electron chi connectivity index (χ4n) is 1.59. The molecule has 0 aliphatic heterocycles. The van der Waals surface area contributed by atoms with Gasteiger partial charge in [-0.1, -0.05) is 0 Å². The van der Waals surface area contributed by atoms with Gasteiger partial charge in [0.2, 0.25) is 5.92 Å². The zero-order chi connectivity index (χ0) is 16.4. The summed E-state index contributed by atoms with van der Waals surface area (Å²) in [6.07, 6.45) is -11.4. The van der Waals surface area contributed by atoms with Crippen LogP contribution in [-0.4, -0.2) is 24.7 Å². The maximum atomic E-state index is 12.5. The van der Waals surface area contributed by atoms with E-state index in [0.717, 1.165) is 18.2 Å². The molecule has 0 fully saturated rings. The first-order valence-electron chi connectivity index (χ1n) is 5.58. The molecule has 0 N–H and O–H groups in total. The van der Waals surface area contributed by atoms with Gasteiger partial charge in [-0.15, -0.1) is 0 Å². The minimum absolute atomic E-state index is 0.197. The molecule has 0 saturated carbocycles. The first-order valence-corrected chi connectivity index (χ1v) is 6.37. The van der Waals surface area contributed by atoms with E-state index < -0.39 is 29.6 Å². The lowest BCUT2D eigenvalue weighted by Gasteiger charge is -2.22. The topological polar surface area (TPSA) is 26.3 Å². The van der Waals surface area contributed by atoms with Crippen LogP contribution < -0.4 is 4.74 Å². The first-order chi connectivity index (χ1) is 9.48. The lowest BCUT2D eigenvalue weighted by molar-refractivity contribution is -0.264.